The van der Waals surface area contributed by atoms with E-state index in [1.807, 2.05) is 12.1 Å². The minimum atomic E-state index is 0.260. The monoisotopic (exact) mass is 296 g/mol. The van der Waals surface area contributed by atoms with Crippen molar-refractivity contribution in [1.29, 1.82) is 0 Å². The molecule has 0 saturated carbocycles. The number of phenolic OH excluding ortho intramolecular Hbond substituents is 1. The fourth-order valence-electron chi connectivity index (χ4n) is 1.45. The van der Waals surface area contributed by atoms with Crippen molar-refractivity contribution >= 4 is 15.9 Å². The van der Waals surface area contributed by atoms with E-state index in [9.17, 15) is 5.11 Å². The van der Waals surface area contributed by atoms with Gasteiger partial charge < -0.3 is 10.4 Å². The summed E-state index contributed by atoms with van der Waals surface area (Å²) in [5.41, 5.74) is 1.12. The predicted octanol–water partition coefficient (Wildman–Crippen LogP) is 1.61. The Morgan fingerprint density at radius 3 is 3.00 bits per heavy atom. The number of phenols is 1. The zero-order valence-corrected chi connectivity index (χ0v) is 10.7. The van der Waals surface area contributed by atoms with Crippen molar-refractivity contribution in [2.45, 2.75) is 13.0 Å². The normalized spacial score (nSPS) is 10.6. The summed E-state index contributed by atoms with van der Waals surface area (Å²) < 4.78 is 0.715. The first-order valence-corrected chi connectivity index (χ1v) is 6.07. The lowest BCUT2D eigenvalue weighted by atomic mass is 10.2. The van der Waals surface area contributed by atoms with Crippen molar-refractivity contribution in [3.05, 3.63) is 40.4 Å². The van der Waals surface area contributed by atoms with Crippen LogP contribution in [-0.4, -0.2) is 26.8 Å². The molecule has 6 heteroatoms. The van der Waals surface area contributed by atoms with Crippen LogP contribution in [0, 0.1) is 0 Å². The molecule has 0 saturated heterocycles. The molecule has 0 unspecified atom stereocenters. The molecule has 0 bridgehead atoms. The van der Waals surface area contributed by atoms with Gasteiger partial charge in [-0.3, -0.25) is 5.10 Å². The molecule has 2 aromatic rings. The molecule has 0 aliphatic rings. The van der Waals surface area contributed by atoms with Crippen LogP contribution in [-0.2, 0) is 13.0 Å². The minimum Gasteiger partial charge on any atom is -0.507 e. The molecule has 90 valence electrons. The summed E-state index contributed by atoms with van der Waals surface area (Å²) in [5, 5.41) is 19.2. The predicted molar refractivity (Wildman–Crippen MR) is 67.6 cm³/mol. The van der Waals surface area contributed by atoms with Crippen LogP contribution >= 0.6 is 15.9 Å². The van der Waals surface area contributed by atoms with E-state index >= 15 is 0 Å². The van der Waals surface area contributed by atoms with Crippen LogP contribution in [0.1, 0.15) is 11.4 Å². The summed E-state index contributed by atoms with van der Waals surface area (Å²) in [5.74, 6) is 1.14. The lowest BCUT2D eigenvalue weighted by Gasteiger charge is -2.05. The topological polar surface area (TPSA) is 73.8 Å². The van der Waals surface area contributed by atoms with Crippen LogP contribution in [0.2, 0.25) is 0 Å². The fourth-order valence-corrected chi connectivity index (χ4v) is 1.88. The van der Waals surface area contributed by atoms with E-state index < -0.39 is 0 Å². The number of hydrogen-bond acceptors (Lipinski definition) is 4. The number of halogens is 1. The summed E-state index contributed by atoms with van der Waals surface area (Å²) in [7, 11) is 0. The molecular weight excluding hydrogens is 284 g/mol. The third-order valence-corrected chi connectivity index (χ3v) is 2.98. The van der Waals surface area contributed by atoms with E-state index in [0.717, 1.165) is 30.9 Å². The molecule has 0 aliphatic heterocycles. The quantitative estimate of drug-likeness (QED) is 0.733. The van der Waals surface area contributed by atoms with Gasteiger partial charge in [-0.1, -0.05) is 6.07 Å². The molecule has 0 fully saturated rings. The van der Waals surface area contributed by atoms with Crippen LogP contribution in [0.15, 0.2) is 29.0 Å². The van der Waals surface area contributed by atoms with Crippen LogP contribution in [0.3, 0.4) is 0 Å². The van der Waals surface area contributed by atoms with Gasteiger partial charge in [-0.25, -0.2) is 4.98 Å². The number of hydrogen-bond donors (Lipinski definition) is 3. The highest BCUT2D eigenvalue weighted by Gasteiger charge is 2.00. The standard InChI is InChI=1S/C11H13BrN4O/c12-9-5-8(1-2-10(9)17)6-13-4-3-11-14-7-15-16-11/h1-2,5,7,13,17H,3-4,6H2,(H,14,15,16). The maximum Gasteiger partial charge on any atom is 0.137 e. The molecule has 0 atom stereocenters. The zero-order chi connectivity index (χ0) is 12.1. The first-order chi connectivity index (χ1) is 8.25. The third kappa shape index (κ3) is 3.54. The minimum absolute atomic E-state index is 0.260. The van der Waals surface area contributed by atoms with Gasteiger partial charge in [0, 0.05) is 19.5 Å². The molecule has 0 amide bonds. The molecule has 0 spiro atoms. The van der Waals surface area contributed by atoms with Gasteiger partial charge >= 0.3 is 0 Å². The van der Waals surface area contributed by atoms with E-state index in [1.165, 1.54) is 6.33 Å². The Labute approximate surface area is 107 Å². The van der Waals surface area contributed by atoms with Crippen molar-refractivity contribution in [2.24, 2.45) is 0 Å². The average molecular weight is 297 g/mol. The van der Waals surface area contributed by atoms with Gasteiger partial charge in [0.1, 0.15) is 17.9 Å². The lowest BCUT2D eigenvalue weighted by molar-refractivity contribution is 0.471. The van der Waals surface area contributed by atoms with Gasteiger partial charge in [0.25, 0.3) is 0 Å². The Morgan fingerprint density at radius 1 is 1.41 bits per heavy atom. The highest BCUT2D eigenvalue weighted by Crippen LogP contribution is 2.24. The molecule has 0 aliphatic carbocycles. The molecule has 1 aromatic heterocycles. The van der Waals surface area contributed by atoms with E-state index in [0.29, 0.717) is 4.47 Å². The smallest absolute Gasteiger partial charge is 0.137 e. The van der Waals surface area contributed by atoms with Gasteiger partial charge in [0.2, 0.25) is 0 Å². The van der Waals surface area contributed by atoms with Crippen molar-refractivity contribution < 1.29 is 5.11 Å². The molecule has 3 N–H and O–H groups in total. The Balaban J connectivity index is 1.76. The third-order valence-electron chi connectivity index (χ3n) is 2.34. The summed E-state index contributed by atoms with van der Waals surface area (Å²) in [6.45, 7) is 1.58. The second-order valence-electron chi connectivity index (χ2n) is 3.64. The number of H-pyrrole nitrogens is 1. The van der Waals surface area contributed by atoms with Crippen molar-refractivity contribution in [3.8, 4) is 5.75 Å². The van der Waals surface area contributed by atoms with Crippen LogP contribution in [0.4, 0.5) is 0 Å². The van der Waals surface area contributed by atoms with E-state index in [-0.39, 0.29) is 5.75 Å². The van der Waals surface area contributed by atoms with Crippen LogP contribution < -0.4 is 5.32 Å². The maximum absolute atomic E-state index is 9.35. The van der Waals surface area contributed by atoms with Crippen molar-refractivity contribution in [2.75, 3.05) is 6.54 Å². The summed E-state index contributed by atoms with van der Waals surface area (Å²) in [6.07, 6.45) is 2.33. The molecule has 1 heterocycles. The number of nitrogens with one attached hydrogen (secondary N) is 2. The highest BCUT2D eigenvalue weighted by molar-refractivity contribution is 9.10. The summed E-state index contributed by atoms with van der Waals surface area (Å²) >= 11 is 3.29. The van der Waals surface area contributed by atoms with E-state index in [1.54, 1.807) is 6.07 Å². The highest BCUT2D eigenvalue weighted by atomic mass is 79.9. The summed E-state index contributed by atoms with van der Waals surface area (Å²) in [6, 6.07) is 5.47. The first-order valence-electron chi connectivity index (χ1n) is 5.28. The largest absolute Gasteiger partial charge is 0.507 e. The van der Waals surface area contributed by atoms with E-state index in [2.05, 4.69) is 36.4 Å². The molecule has 1 aromatic carbocycles. The molecule has 2 rings (SSSR count). The summed E-state index contributed by atoms with van der Waals surface area (Å²) in [4.78, 5) is 4.04. The van der Waals surface area contributed by atoms with Gasteiger partial charge in [0.05, 0.1) is 4.47 Å². The number of rotatable bonds is 5. The second-order valence-corrected chi connectivity index (χ2v) is 4.50. The number of nitrogens with zero attached hydrogens (tertiary/aromatic N) is 2. The maximum atomic E-state index is 9.35. The fraction of sp³-hybridized carbons (Fsp3) is 0.273. The second kappa shape index (κ2) is 5.79. The van der Waals surface area contributed by atoms with Crippen molar-refractivity contribution in [3.63, 3.8) is 0 Å². The Kier molecular flexibility index (Phi) is 4.11. The average Bonchev–Trinajstić information content (AvgIpc) is 2.82. The first kappa shape index (κ1) is 12.1. The molecule has 17 heavy (non-hydrogen) atoms. The van der Waals surface area contributed by atoms with E-state index in [4.69, 9.17) is 0 Å². The molecule has 5 nitrogen and oxygen atoms in total. The number of aromatic hydroxyl groups is 1. The number of aromatic nitrogens is 3. The molecule has 0 radical (unpaired) electrons. The van der Waals surface area contributed by atoms with Crippen LogP contribution in [0.5, 0.6) is 5.75 Å². The molecular formula is C11H13BrN4O. The van der Waals surface area contributed by atoms with Gasteiger partial charge in [-0.2, -0.15) is 5.10 Å². The SMILES string of the molecule is Oc1ccc(CNCCc2ncn[nH]2)cc1Br. The van der Waals surface area contributed by atoms with Gasteiger partial charge in [0.15, 0.2) is 0 Å². The Bertz CT molecular complexity index is 472. The lowest BCUT2D eigenvalue weighted by Crippen LogP contribution is -2.17. The Morgan fingerprint density at radius 2 is 2.29 bits per heavy atom. The zero-order valence-electron chi connectivity index (χ0n) is 9.15. The van der Waals surface area contributed by atoms with Gasteiger partial charge in [-0.15, -0.1) is 0 Å². The number of benzene rings is 1. The van der Waals surface area contributed by atoms with Gasteiger partial charge in [-0.05, 0) is 33.6 Å². The van der Waals surface area contributed by atoms with Crippen LogP contribution in [0.25, 0.3) is 0 Å². The Hall–Kier alpha value is -1.40. The number of aromatic amines is 1. The van der Waals surface area contributed by atoms with Crippen molar-refractivity contribution in [1.82, 2.24) is 20.5 Å².